The Labute approximate surface area is 167 Å². The highest BCUT2D eigenvalue weighted by Gasteiger charge is 2.11. The van der Waals surface area contributed by atoms with Crippen molar-refractivity contribution in [2.75, 3.05) is 0 Å². The van der Waals surface area contributed by atoms with Crippen LogP contribution in [0.3, 0.4) is 0 Å². The Morgan fingerprint density at radius 1 is 1.23 bits per heavy atom. The molecule has 0 atom stereocenters. The fraction of sp³-hybridized carbons (Fsp3) is 0.125. The highest BCUT2D eigenvalue weighted by Crippen LogP contribution is 2.32. The van der Waals surface area contributed by atoms with E-state index in [1.54, 1.807) is 23.5 Å². The lowest BCUT2D eigenvalue weighted by atomic mass is 10.2. The number of sulfonamides is 1. The van der Waals surface area contributed by atoms with Gasteiger partial charge in [0.2, 0.25) is 15.9 Å². The number of hydrogen-bond acceptors (Lipinski definition) is 6. The highest BCUT2D eigenvalue weighted by atomic mass is 79.9. The van der Waals surface area contributed by atoms with Gasteiger partial charge in [0.25, 0.3) is 0 Å². The lowest BCUT2D eigenvalue weighted by Gasteiger charge is -2.06. The Kier molecular flexibility index (Phi) is 5.88. The van der Waals surface area contributed by atoms with E-state index < -0.39 is 10.0 Å². The van der Waals surface area contributed by atoms with Crippen LogP contribution in [0.2, 0.25) is 0 Å². The van der Waals surface area contributed by atoms with Crippen molar-refractivity contribution >= 4 is 54.5 Å². The van der Waals surface area contributed by atoms with Gasteiger partial charge in [0.05, 0.1) is 21.9 Å². The third-order valence-electron chi connectivity index (χ3n) is 3.39. The van der Waals surface area contributed by atoms with E-state index in [2.05, 4.69) is 26.2 Å². The number of primary sulfonamides is 1. The Bertz CT molecular complexity index is 1040. The summed E-state index contributed by atoms with van der Waals surface area (Å²) in [6.07, 6.45) is 0.165. The molecule has 0 bridgehead atoms. The van der Waals surface area contributed by atoms with Crippen molar-refractivity contribution in [3.05, 3.63) is 56.8 Å². The number of rotatable bonds is 6. The van der Waals surface area contributed by atoms with Crippen LogP contribution in [0.25, 0.3) is 9.88 Å². The average molecular weight is 472 g/mol. The van der Waals surface area contributed by atoms with Crippen molar-refractivity contribution < 1.29 is 13.2 Å². The first-order valence-corrected chi connectivity index (χ1v) is 11.5. The van der Waals surface area contributed by atoms with Gasteiger partial charge in [-0.3, -0.25) is 4.79 Å². The second-order valence-corrected chi connectivity index (χ2v) is 9.67. The molecule has 3 rings (SSSR count). The molecule has 0 spiro atoms. The Balaban J connectivity index is 1.59. The summed E-state index contributed by atoms with van der Waals surface area (Å²) in [4.78, 5) is 17.7. The number of carbonyl (C=O) groups is 1. The van der Waals surface area contributed by atoms with Crippen LogP contribution in [0, 0.1) is 0 Å². The van der Waals surface area contributed by atoms with E-state index in [1.807, 2.05) is 16.8 Å². The number of aromatic nitrogens is 1. The number of amides is 1. The molecular weight excluding hydrogens is 458 g/mol. The van der Waals surface area contributed by atoms with Gasteiger partial charge < -0.3 is 5.32 Å². The minimum absolute atomic E-state index is 0.0236. The molecule has 6 nitrogen and oxygen atoms in total. The van der Waals surface area contributed by atoms with Gasteiger partial charge in [-0.05, 0) is 39.7 Å². The van der Waals surface area contributed by atoms with Gasteiger partial charge in [0.1, 0.15) is 5.01 Å². The van der Waals surface area contributed by atoms with Gasteiger partial charge in [-0.2, -0.15) is 0 Å². The molecule has 0 saturated carbocycles. The zero-order valence-corrected chi connectivity index (χ0v) is 17.3. The molecule has 0 radical (unpaired) electrons. The van der Waals surface area contributed by atoms with E-state index in [9.17, 15) is 13.2 Å². The third kappa shape index (κ3) is 4.98. The van der Waals surface area contributed by atoms with Gasteiger partial charge in [-0.25, -0.2) is 18.5 Å². The standard InChI is InChI=1S/C16H14BrN3O3S3/c17-11-5-14(24-8-11)16-20-12(9-25-16)6-15(21)19-7-10-2-1-3-13(4-10)26(18,22)23/h1-5,8-9H,6-7H2,(H,19,21)(H2,18,22,23). The number of nitrogens with two attached hydrogens (primary N) is 1. The van der Waals surface area contributed by atoms with Gasteiger partial charge in [0, 0.05) is 21.8 Å². The van der Waals surface area contributed by atoms with Crippen LogP contribution in [0.1, 0.15) is 11.3 Å². The predicted molar refractivity (Wildman–Crippen MR) is 106 cm³/mol. The zero-order valence-electron chi connectivity index (χ0n) is 13.3. The first-order chi connectivity index (χ1) is 12.3. The van der Waals surface area contributed by atoms with Crippen LogP contribution in [0.4, 0.5) is 0 Å². The Hall–Kier alpha value is -1.59. The Morgan fingerprint density at radius 2 is 2.04 bits per heavy atom. The molecule has 0 fully saturated rings. The molecule has 26 heavy (non-hydrogen) atoms. The Morgan fingerprint density at radius 3 is 2.73 bits per heavy atom. The molecule has 1 aromatic carbocycles. The molecule has 0 aliphatic heterocycles. The molecule has 0 saturated heterocycles. The maximum atomic E-state index is 12.1. The third-order valence-corrected chi connectivity index (χ3v) is 7.05. The lowest BCUT2D eigenvalue weighted by molar-refractivity contribution is -0.120. The maximum absolute atomic E-state index is 12.1. The first kappa shape index (κ1) is 19.2. The van der Waals surface area contributed by atoms with Crippen molar-refractivity contribution in [3.63, 3.8) is 0 Å². The minimum Gasteiger partial charge on any atom is -0.352 e. The van der Waals surface area contributed by atoms with Gasteiger partial charge in [-0.15, -0.1) is 22.7 Å². The maximum Gasteiger partial charge on any atom is 0.238 e. The number of hydrogen-bond donors (Lipinski definition) is 2. The minimum atomic E-state index is -3.76. The van der Waals surface area contributed by atoms with Crippen LogP contribution in [0.5, 0.6) is 0 Å². The number of benzene rings is 1. The van der Waals surface area contributed by atoms with Crippen molar-refractivity contribution in [1.82, 2.24) is 10.3 Å². The molecule has 0 unspecified atom stereocenters. The molecule has 10 heteroatoms. The van der Waals surface area contributed by atoms with Crippen LogP contribution in [-0.2, 0) is 27.8 Å². The number of nitrogens with one attached hydrogen (secondary N) is 1. The smallest absolute Gasteiger partial charge is 0.238 e. The van der Waals surface area contributed by atoms with E-state index in [1.165, 1.54) is 23.5 Å². The second kappa shape index (κ2) is 7.97. The SMILES string of the molecule is NS(=O)(=O)c1cccc(CNC(=O)Cc2csc(-c3cc(Br)cs3)n2)c1. The molecule has 3 N–H and O–H groups in total. The fourth-order valence-electron chi connectivity index (χ4n) is 2.19. The summed E-state index contributed by atoms with van der Waals surface area (Å²) in [5.41, 5.74) is 1.36. The number of thiophene rings is 1. The van der Waals surface area contributed by atoms with Crippen LogP contribution >= 0.6 is 38.6 Å². The van der Waals surface area contributed by atoms with E-state index in [4.69, 9.17) is 5.14 Å². The number of nitrogens with zero attached hydrogens (tertiary/aromatic N) is 1. The summed E-state index contributed by atoms with van der Waals surface area (Å²) in [6.45, 7) is 0.219. The topological polar surface area (TPSA) is 102 Å². The molecule has 3 aromatic rings. The number of carbonyl (C=O) groups excluding carboxylic acids is 1. The summed E-state index contributed by atoms with van der Waals surface area (Å²) in [7, 11) is -3.76. The zero-order chi connectivity index (χ0) is 18.7. The quantitative estimate of drug-likeness (QED) is 0.576. The summed E-state index contributed by atoms with van der Waals surface area (Å²) in [5, 5.41) is 12.6. The van der Waals surface area contributed by atoms with Crippen LogP contribution in [-0.4, -0.2) is 19.3 Å². The van der Waals surface area contributed by atoms with Gasteiger partial charge >= 0.3 is 0 Å². The monoisotopic (exact) mass is 471 g/mol. The molecule has 1 amide bonds. The average Bonchev–Trinajstić information content (AvgIpc) is 3.21. The first-order valence-electron chi connectivity index (χ1n) is 7.38. The van der Waals surface area contributed by atoms with Crippen molar-refractivity contribution in [2.45, 2.75) is 17.9 Å². The van der Waals surface area contributed by atoms with Crippen LogP contribution in [0.15, 0.2) is 50.5 Å². The molecule has 0 aliphatic carbocycles. The molecule has 0 aliphatic rings. The molecule has 2 heterocycles. The highest BCUT2D eigenvalue weighted by molar-refractivity contribution is 9.10. The van der Waals surface area contributed by atoms with Crippen LogP contribution < -0.4 is 10.5 Å². The molecule has 2 aromatic heterocycles. The summed E-state index contributed by atoms with van der Waals surface area (Å²) >= 11 is 6.50. The van der Waals surface area contributed by atoms with Crippen molar-refractivity contribution in [3.8, 4) is 9.88 Å². The summed E-state index contributed by atoms with van der Waals surface area (Å²) < 4.78 is 23.7. The largest absolute Gasteiger partial charge is 0.352 e. The predicted octanol–water partition coefficient (Wildman–Crippen LogP) is 3.14. The van der Waals surface area contributed by atoms with E-state index in [0.717, 1.165) is 14.4 Å². The van der Waals surface area contributed by atoms with Crippen molar-refractivity contribution in [2.24, 2.45) is 5.14 Å². The van der Waals surface area contributed by atoms with E-state index >= 15 is 0 Å². The fourth-order valence-corrected chi connectivity index (χ4v) is 5.10. The normalized spacial score (nSPS) is 11.5. The lowest BCUT2D eigenvalue weighted by Crippen LogP contribution is -2.24. The second-order valence-electron chi connectivity index (χ2n) is 5.42. The summed E-state index contributed by atoms with van der Waals surface area (Å²) in [5.74, 6) is -0.185. The van der Waals surface area contributed by atoms with E-state index in [0.29, 0.717) is 11.3 Å². The molecule has 136 valence electrons. The van der Waals surface area contributed by atoms with E-state index in [-0.39, 0.29) is 23.8 Å². The number of thiazole rings is 1. The number of halogens is 1. The van der Waals surface area contributed by atoms with Gasteiger partial charge in [0.15, 0.2) is 0 Å². The van der Waals surface area contributed by atoms with Crippen molar-refractivity contribution in [1.29, 1.82) is 0 Å². The summed E-state index contributed by atoms with van der Waals surface area (Å²) in [6, 6.07) is 8.18. The van der Waals surface area contributed by atoms with Gasteiger partial charge in [-0.1, -0.05) is 12.1 Å². The molecular formula is C16H14BrN3O3S3.